The monoisotopic (exact) mass is 591 g/mol. The van der Waals surface area contributed by atoms with Gasteiger partial charge in [0.1, 0.15) is 12.6 Å². The fourth-order valence-electron chi connectivity index (χ4n) is 4.61. The van der Waals surface area contributed by atoms with E-state index in [2.05, 4.69) is 26.1 Å². The summed E-state index contributed by atoms with van der Waals surface area (Å²) in [4.78, 5) is 29.4. The Hall–Kier alpha value is -3.65. The quantitative estimate of drug-likeness (QED) is 0.303. The highest BCUT2D eigenvalue weighted by molar-refractivity contribution is 7.92. The molecule has 3 aromatic rings. The lowest BCUT2D eigenvalue weighted by molar-refractivity contribution is -0.140. The second-order valence-electron chi connectivity index (χ2n) is 12.4. The van der Waals surface area contributed by atoms with Crippen LogP contribution >= 0.6 is 0 Å². The number of nitrogens with zero attached hydrogens (tertiary/aromatic N) is 2. The number of carbonyl (C=O) groups excluding carboxylic acids is 2. The Bertz CT molecular complexity index is 1430. The van der Waals surface area contributed by atoms with Gasteiger partial charge in [0, 0.05) is 19.5 Å². The minimum Gasteiger partial charge on any atom is -0.354 e. The van der Waals surface area contributed by atoms with Crippen molar-refractivity contribution >= 4 is 27.5 Å². The first kappa shape index (κ1) is 32.9. The Balaban J connectivity index is 2.04. The van der Waals surface area contributed by atoms with Crippen LogP contribution in [0.15, 0.2) is 78.9 Å². The highest BCUT2D eigenvalue weighted by Gasteiger charge is 2.33. The Kier molecular flexibility index (Phi) is 11.0. The third-order valence-electron chi connectivity index (χ3n) is 7.13. The van der Waals surface area contributed by atoms with Crippen LogP contribution in [0.1, 0.15) is 56.9 Å². The number of aryl methyl sites for hydroxylation is 1. The van der Waals surface area contributed by atoms with Gasteiger partial charge < -0.3 is 10.2 Å². The van der Waals surface area contributed by atoms with E-state index in [1.54, 1.807) is 12.1 Å². The molecule has 0 saturated heterocycles. The van der Waals surface area contributed by atoms with Gasteiger partial charge in [0.15, 0.2) is 0 Å². The fourth-order valence-corrected chi connectivity index (χ4v) is 5.46. The average Bonchev–Trinajstić information content (AvgIpc) is 2.92. The smallest absolute Gasteiger partial charge is 0.244 e. The standard InChI is InChI=1S/C34H45N3O4S/c1-25(2)22-35-33(39)31(21-27-11-9-8-10-12-27)36(23-28-15-13-26(3)14-16-28)32(38)24-37(42(7,40)41)30-19-17-29(18-20-30)34(4,5)6/h8-20,25,31H,21-24H2,1-7H3,(H,35,39). The van der Waals surface area contributed by atoms with Crippen LogP contribution in [-0.4, -0.2) is 50.5 Å². The number of benzene rings is 3. The first-order chi connectivity index (χ1) is 19.6. The summed E-state index contributed by atoms with van der Waals surface area (Å²) in [6.45, 7) is 12.5. The minimum absolute atomic E-state index is 0.108. The van der Waals surface area contributed by atoms with Crippen LogP contribution in [0.3, 0.4) is 0 Å². The summed E-state index contributed by atoms with van der Waals surface area (Å²) < 4.78 is 27.2. The number of rotatable bonds is 12. The van der Waals surface area contributed by atoms with Crippen molar-refractivity contribution in [1.82, 2.24) is 10.2 Å². The largest absolute Gasteiger partial charge is 0.354 e. The number of hydrogen-bond donors (Lipinski definition) is 1. The summed E-state index contributed by atoms with van der Waals surface area (Å²) in [5.74, 6) is -0.501. The highest BCUT2D eigenvalue weighted by atomic mass is 32.2. The maximum atomic E-state index is 14.2. The molecule has 1 N–H and O–H groups in total. The van der Waals surface area contributed by atoms with Crippen molar-refractivity contribution in [2.75, 3.05) is 23.7 Å². The molecule has 0 bridgehead atoms. The van der Waals surface area contributed by atoms with Crippen LogP contribution in [0.4, 0.5) is 5.69 Å². The Morgan fingerprint density at radius 1 is 0.857 bits per heavy atom. The maximum Gasteiger partial charge on any atom is 0.244 e. The zero-order valence-corrected chi connectivity index (χ0v) is 26.7. The minimum atomic E-state index is -3.81. The third kappa shape index (κ3) is 9.44. The molecule has 226 valence electrons. The predicted molar refractivity (Wildman–Crippen MR) is 171 cm³/mol. The van der Waals surface area contributed by atoms with Crippen molar-refractivity contribution in [3.05, 3.63) is 101 Å². The lowest BCUT2D eigenvalue weighted by atomic mass is 9.87. The first-order valence-corrected chi connectivity index (χ1v) is 16.2. The highest BCUT2D eigenvalue weighted by Crippen LogP contribution is 2.26. The van der Waals surface area contributed by atoms with Gasteiger partial charge in [0.05, 0.1) is 11.9 Å². The van der Waals surface area contributed by atoms with E-state index in [4.69, 9.17) is 0 Å². The van der Waals surface area contributed by atoms with Crippen molar-refractivity contribution < 1.29 is 18.0 Å². The van der Waals surface area contributed by atoms with Gasteiger partial charge in [0.2, 0.25) is 21.8 Å². The van der Waals surface area contributed by atoms with Crippen molar-refractivity contribution in [2.45, 2.75) is 66.0 Å². The van der Waals surface area contributed by atoms with Gasteiger partial charge in [0.25, 0.3) is 0 Å². The Morgan fingerprint density at radius 2 is 1.45 bits per heavy atom. The number of anilines is 1. The summed E-state index contributed by atoms with van der Waals surface area (Å²) in [5, 5.41) is 3.00. The van der Waals surface area contributed by atoms with E-state index in [1.165, 1.54) is 4.90 Å². The molecule has 0 aromatic heterocycles. The molecule has 1 unspecified atom stereocenters. The van der Waals surface area contributed by atoms with Crippen LogP contribution in [0.25, 0.3) is 0 Å². The molecule has 0 heterocycles. The number of hydrogen-bond acceptors (Lipinski definition) is 4. The van der Waals surface area contributed by atoms with Crippen molar-refractivity contribution in [1.29, 1.82) is 0 Å². The molecule has 0 saturated carbocycles. The van der Waals surface area contributed by atoms with Crippen LogP contribution in [0, 0.1) is 12.8 Å². The number of nitrogens with one attached hydrogen (secondary N) is 1. The molecule has 8 heteroatoms. The zero-order chi connectivity index (χ0) is 31.1. The molecule has 0 fully saturated rings. The van der Waals surface area contributed by atoms with Gasteiger partial charge >= 0.3 is 0 Å². The van der Waals surface area contributed by atoms with Crippen LogP contribution < -0.4 is 9.62 Å². The van der Waals surface area contributed by atoms with Crippen molar-refractivity contribution in [3.63, 3.8) is 0 Å². The second-order valence-corrected chi connectivity index (χ2v) is 14.3. The van der Waals surface area contributed by atoms with Crippen LogP contribution in [0.2, 0.25) is 0 Å². The summed E-state index contributed by atoms with van der Waals surface area (Å²) in [7, 11) is -3.81. The SMILES string of the molecule is Cc1ccc(CN(C(=O)CN(c2ccc(C(C)(C)C)cc2)S(C)(=O)=O)C(Cc2ccccc2)C(=O)NCC(C)C)cc1. The molecule has 1 atom stereocenters. The Labute approximate surface area is 252 Å². The summed E-state index contributed by atoms with van der Waals surface area (Å²) in [6.07, 6.45) is 1.39. The molecule has 3 aromatic carbocycles. The third-order valence-corrected chi connectivity index (χ3v) is 8.27. The summed E-state index contributed by atoms with van der Waals surface area (Å²) >= 11 is 0. The molecule has 3 rings (SSSR count). The summed E-state index contributed by atoms with van der Waals surface area (Å²) in [5.41, 5.74) is 4.18. The van der Waals surface area contributed by atoms with Gasteiger partial charge in [-0.15, -0.1) is 0 Å². The topological polar surface area (TPSA) is 86.8 Å². The fraction of sp³-hybridized carbons (Fsp3) is 0.412. The van der Waals surface area contributed by atoms with E-state index in [0.717, 1.165) is 32.8 Å². The number of amides is 2. The van der Waals surface area contributed by atoms with Crippen LogP contribution in [0.5, 0.6) is 0 Å². The van der Waals surface area contributed by atoms with E-state index in [0.29, 0.717) is 18.7 Å². The predicted octanol–water partition coefficient (Wildman–Crippen LogP) is 5.47. The van der Waals surface area contributed by atoms with Gasteiger partial charge in [-0.2, -0.15) is 0 Å². The van der Waals surface area contributed by atoms with Gasteiger partial charge in [-0.25, -0.2) is 8.42 Å². The van der Waals surface area contributed by atoms with Gasteiger partial charge in [-0.1, -0.05) is 107 Å². The first-order valence-electron chi connectivity index (χ1n) is 14.4. The maximum absolute atomic E-state index is 14.2. The lowest BCUT2D eigenvalue weighted by Crippen LogP contribution is -2.53. The lowest BCUT2D eigenvalue weighted by Gasteiger charge is -2.33. The molecule has 2 amide bonds. The normalized spacial score (nSPS) is 12.6. The molecular formula is C34H45N3O4S. The van der Waals surface area contributed by atoms with Gasteiger partial charge in [-0.3, -0.25) is 13.9 Å². The molecule has 0 aliphatic heterocycles. The van der Waals surface area contributed by atoms with E-state index >= 15 is 0 Å². The second kappa shape index (κ2) is 14.0. The molecule has 42 heavy (non-hydrogen) atoms. The van der Waals surface area contributed by atoms with Crippen molar-refractivity contribution in [2.24, 2.45) is 5.92 Å². The van der Waals surface area contributed by atoms with E-state index in [1.807, 2.05) is 87.5 Å². The molecular weight excluding hydrogens is 546 g/mol. The van der Waals surface area contributed by atoms with Crippen LogP contribution in [-0.2, 0) is 38.0 Å². The van der Waals surface area contributed by atoms with Gasteiger partial charge in [-0.05, 0) is 47.1 Å². The molecule has 0 aliphatic rings. The Morgan fingerprint density at radius 3 is 1.98 bits per heavy atom. The zero-order valence-electron chi connectivity index (χ0n) is 25.9. The summed E-state index contributed by atoms with van der Waals surface area (Å²) in [6, 6.07) is 23.7. The van der Waals surface area contributed by atoms with Crippen molar-refractivity contribution in [3.8, 4) is 0 Å². The molecule has 7 nitrogen and oxygen atoms in total. The molecule has 0 spiro atoms. The average molecular weight is 592 g/mol. The molecule has 0 radical (unpaired) electrons. The number of carbonyl (C=O) groups is 2. The van der Waals surface area contributed by atoms with E-state index < -0.39 is 28.5 Å². The number of sulfonamides is 1. The van der Waals surface area contributed by atoms with E-state index in [9.17, 15) is 18.0 Å². The van der Waals surface area contributed by atoms with E-state index in [-0.39, 0.29) is 23.8 Å². The molecule has 0 aliphatic carbocycles.